The Balaban J connectivity index is 1.79. The Morgan fingerprint density at radius 1 is 0.828 bits per heavy atom. The van der Waals surface area contributed by atoms with Gasteiger partial charge in [0, 0.05) is 21.9 Å². The minimum absolute atomic E-state index is 0.0602. The molecular formula is C26H24O3. The van der Waals surface area contributed by atoms with Gasteiger partial charge in [0.15, 0.2) is 5.78 Å². The Kier molecular flexibility index (Phi) is 5.48. The van der Waals surface area contributed by atoms with Gasteiger partial charge in [-0.15, -0.1) is 0 Å². The fourth-order valence-electron chi connectivity index (χ4n) is 3.74. The number of rotatable bonds is 7. The number of hydrogen-bond acceptors (Lipinski definition) is 3. The molecule has 4 aromatic carbocycles. The molecule has 0 fully saturated rings. The summed E-state index contributed by atoms with van der Waals surface area (Å²) in [6, 6.07) is 22.4. The molecule has 0 aliphatic heterocycles. The molecule has 0 unspecified atom stereocenters. The molecule has 0 aliphatic rings. The molecule has 0 aromatic heterocycles. The first-order valence-corrected chi connectivity index (χ1v) is 10.1. The van der Waals surface area contributed by atoms with Crippen molar-refractivity contribution in [2.24, 2.45) is 0 Å². The Labute approximate surface area is 170 Å². The van der Waals surface area contributed by atoms with Crippen molar-refractivity contribution in [3.05, 3.63) is 83.9 Å². The molecule has 4 aromatic rings. The highest BCUT2D eigenvalue weighted by Crippen LogP contribution is 2.33. The summed E-state index contributed by atoms with van der Waals surface area (Å²) in [5.74, 6) is 0.813. The number of phenols is 1. The van der Waals surface area contributed by atoms with Crippen molar-refractivity contribution in [1.82, 2.24) is 0 Å². The summed E-state index contributed by atoms with van der Waals surface area (Å²) in [5, 5.41) is 13.6. The van der Waals surface area contributed by atoms with Crippen molar-refractivity contribution in [2.45, 2.75) is 26.2 Å². The third kappa shape index (κ3) is 3.81. The van der Waals surface area contributed by atoms with Crippen LogP contribution in [0.4, 0.5) is 0 Å². The monoisotopic (exact) mass is 384 g/mol. The van der Waals surface area contributed by atoms with E-state index in [9.17, 15) is 9.90 Å². The minimum atomic E-state index is -0.0602. The van der Waals surface area contributed by atoms with Crippen molar-refractivity contribution >= 4 is 27.3 Å². The molecule has 0 bridgehead atoms. The van der Waals surface area contributed by atoms with E-state index in [1.54, 1.807) is 18.2 Å². The number of ether oxygens (including phenoxy) is 1. The Morgan fingerprint density at radius 2 is 1.62 bits per heavy atom. The van der Waals surface area contributed by atoms with Crippen LogP contribution in [-0.4, -0.2) is 17.5 Å². The maximum absolute atomic E-state index is 13.5. The van der Waals surface area contributed by atoms with E-state index in [1.807, 2.05) is 54.6 Å². The van der Waals surface area contributed by atoms with Crippen LogP contribution in [0.3, 0.4) is 0 Å². The van der Waals surface area contributed by atoms with Gasteiger partial charge in [0.05, 0.1) is 6.61 Å². The molecule has 0 saturated heterocycles. The van der Waals surface area contributed by atoms with E-state index in [0.717, 1.165) is 41.2 Å². The molecule has 29 heavy (non-hydrogen) atoms. The van der Waals surface area contributed by atoms with Crippen LogP contribution < -0.4 is 4.74 Å². The zero-order valence-electron chi connectivity index (χ0n) is 16.5. The number of aromatic hydroxyl groups is 1. The number of benzene rings is 4. The van der Waals surface area contributed by atoms with Crippen molar-refractivity contribution < 1.29 is 14.6 Å². The highest BCUT2D eigenvalue weighted by atomic mass is 16.5. The van der Waals surface area contributed by atoms with E-state index in [4.69, 9.17) is 4.74 Å². The first kappa shape index (κ1) is 19.0. The van der Waals surface area contributed by atoms with Crippen molar-refractivity contribution in [1.29, 1.82) is 0 Å². The van der Waals surface area contributed by atoms with Crippen LogP contribution in [-0.2, 0) is 0 Å². The summed E-state index contributed by atoms with van der Waals surface area (Å²) in [6.45, 7) is 2.80. The topological polar surface area (TPSA) is 46.5 Å². The minimum Gasteiger partial charge on any atom is -0.508 e. The Bertz CT molecular complexity index is 1170. The van der Waals surface area contributed by atoms with Gasteiger partial charge in [-0.25, -0.2) is 0 Å². The van der Waals surface area contributed by atoms with Crippen molar-refractivity contribution in [3.63, 3.8) is 0 Å². The number of carbonyl (C=O) groups is 1. The SMILES string of the molecule is CCCCCOc1ccc(C(=O)c2cccc3ccccc23)c2cc(O)ccc12. The first-order chi connectivity index (χ1) is 14.2. The first-order valence-electron chi connectivity index (χ1n) is 10.1. The van der Waals surface area contributed by atoms with Crippen LogP contribution >= 0.6 is 0 Å². The second kappa shape index (κ2) is 8.36. The lowest BCUT2D eigenvalue weighted by atomic mass is 9.93. The largest absolute Gasteiger partial charge is 0.508 e. The summed E-state index contributed by atoms with van der Waals surface area (Å²) >= 11 is 0. The van der Waals surface area contributed by atoms with Gasteiger partial charge in [-0.05, 0) is 47.5 Å². The van der Waals surface area contributed by atoms with Gasteiger partial charge in [0.1, 0.15) is 11.5 Å². The summed E-state index contributed by atoms with van der Waals surface area (Å²) in [5.41, 5.74) is 1.22. The third-order valence-corrected chi connectivity index (χ3v) is 5.24. The zero-order chi connectivity index (χ0) is 20.2. The fraction of sp³-hybridized carbons (Fsp3) is 0.192. The molecular weight excluding hydrogens is 360 g/mol. The molecule has 0 heterocycles. The number of carbonyl (C=O) groups excluding carboxylic acids is 1. The maximum Gasteiger partial charge on any atom is 0.194 e. The quantitative estimate of drug-likeness (QED) is 0.292. The zero-order valence-corrected chi connectivity index (χ0v) is 16.5. The van der Waals surface area contributed by atoms with Gasteiger partial charge >= 0.3 is 0 Å². The van der Waals surface area contributed by atoms with Crippen LogP contribution in [0.1, 0.15) is 42.1 Å². The van der Waals surface area contributed by atoms with Crippen LogP contribution in [0.2, 0.25) is 0 Å². The average molecular weight is 384 g/mol. The molecule has 1 N–H and O–H groups in total. The van der Waals surface area contributed by atoms with Gasteiger partial charge < -0.3 is 9.84 Å². The molecule has 0 spiro atoms. The molecule has 3 nitrogen and oxygen atoms in total. The summed E-state index contributed by atoms with van der Waals surface area (Å²) in [7, 11) is 0. The molecule has 0 aliphatic carbocycles. The normalized spacial score (nSPS) is 11.1. The predicted molar refractivity (Wildman–Crippen MR) is 118 cm³/mol. The van der Waals surface area contributed by atoms with Gasteiger partial charge in [-0.1, -0.05) is 62.2 Å². The fourth-order valence-corrected chi connectivity index (χ4v) is 3.74. The van der Waals surface area contributed by atoms with Gasteiger partial charge in [-0.3, -0.25) is 4.79 Å². The highest BCUT2D eigenvalue weighted by Gasteiger charge is 2.17. The number of fused-ring (bicyclic) bond motifs is 2. The molecule has 0 amide bonds. The lowest BCUT2D eigenvalue weighted by Crippen LogP contribution is -2.04. The van der Waals surface area contributed by atoms with E-state index < -0.39 is 0 Å². The number of phenolic OH excluding ortho intramolecular Hbond substituents is 1. The number of hydrogen-bond donors (Lipinski definition) is 1. The average Bonchev–Trinajstić information content (AvgIpc) is 2.75. The van der Waals surface area contributed by atoms with Crippen LogP contribution in [0, 0.1) is 0 Å². The molecule has 146 valence electrons. The predicted octanol–water partition coefficient (Wildman–Crippen LogP) is 6.50. The van der Waals surface area contributed by atoms with Crippen molar-refractivity contribution in [2.75, 3.05) is 6.61 Å². The lowest BCUT2D eigenvalue weighted by molar-refractivity contribution is 0.104. The van der Waals surface area contributed by atoms with Gasteiger partial charge in [0.25, 0.3) is 0 Å². The molecule has 4 rings (SSSR count). The third-order valence-electron chi connectivity index (χ3n) is 5.24. The van der Waals surface area contributed by atoms with Crippen molar-refractivity contribution in [3.8, 4) is 11.5 Å². The summed E-state index contributed by atoms with van der Waals surface area (Å²) in [4.78, 5) is 13.5. The number of unbranched alkanes of at least 4 members (excludes halogenated alkanes) is 2. The smallest absolute Gasteiger partial charge is 0.194 e. The van der Waals surface area contributed by atoms with E-state index in [2.05, 4.69) is 6.92 Å². The van der Waals surface area contributed by atoms with Gasteiger partial charge in [-0.2, -0.15) is 0 Å². The van der Waals surface area contributed by atoms with Crippen LogP contribution in [0.25, 0.3) is 21.5 Å². The van der Waals surface area contributed by atoms with E-state index >= 15 is 0 Å². The summed E-state index contributed by atoms with van der Waals surface area (Å²) in [6.07, 6.45) is 3.25. The second-order valence-corrected chi connectivity index (χ2v) is 7.25. The number of ketones is 1. The van der Waals surface area contributed by atoms with Gasteiger partial charge in [0.2, 0.25) is 0 Å². The Morgan fingerprint density at radius 3 is 2.48 bits per heavy atom. The molecule has 0 saturated carbocycles. The van der Waals surface area contributed by atoms with E-state index in [0.29, 0.717) is 23.1 Å². The molecule has 0 radical (unpaired) electrons. The van der Waals surface area contributed by atoms with E-state index in [1.165, 1.54) is 0 Å². The van der Waals surface area contributed by atoms with Crippen LogP contribution in [0.15, 0.2) is 72.8 Å². The maximum atomic E-state index is 13.5. The highest BCUT2D eigenvalue weighted by molar-refractivity contribution is 6.22. The second-order valence-electron chi connectivity index (χ2n) is 7.25. The Hall–Kier alpha value is -3.33. The summed E-state index contributed by atoms with van der Waals surface area (Å²) < 4.78 is 5.98. The lowest BCUT2D eigenvalue weighted by Gasteiger charge is -2.13. The van der Waals surface area contributed by atoms with Crippen LogP contribution in [0.5, 0.6) is 11.5 Å². The van der Waals surface area contributed by atoms with E-state index in [-0.39, 0.29) is 11.5 Å². The standard InChI is InChI=1S/C26H24O3/c1-2-3-6-16-29-25-15-14-23(24-17-19(27)12-13-21(24)25)26(28)22-11-7-9-18-8-4-5-10-20(18)22/h4-5,7-15,17,27H,2-3,6,16H2,1H3. The molecule has 0 atom stereocenters. The molecule has 3 heteroatoms.